The molecule has 2 fully saturated rings. The van der Waals surface area contributed by atoms with Gasteiger partial charge in [0.1, 0.15) is 5.82 Å². The van der Waals surface area contributed by atoms with Crippen LogP contribution in [0.25, 0.3) is 0 Å². The van der Waals surface area contributed by atoms with E-state index in [1.54, 1.807) is 0 Å². The van der Waals surface area contributed by atoms with Gasteiger partial charge in [-0.05, 0) is 30.5 Å². The van der Waals surface area contributed by atoms with Crippen molar-refractivity contribution in [2.75, 3.05) is 31.1 Å². The van der Waals surface area contributed by atoms with Crippen molar-refractivity contribution in [3.8, 4) is 0 Å². The monoisotopic (exact) mass is 349 g/mol. The molecule has 2 saturated heterocycles. The first-order chi connectivity index (χ1) is 11.9. The fourth-order valence-corrected chi connectivity index (χ4v) is 3.43. The van der Waals surface area contributed by atoms with Crippen molar-refractivity contribution in [1.29, 1.82) is 0 Å². The second-order valence-corrected chi connectivity index (χ2v) is 6.63. The highest BCUT2D eigenvalue weighted by Crippen LogP contribution is 2.26. The number of carbonyl (C=O) groups is 3. The maximum atomic E-state index is 14.2. The standard InChI is InChI=1S/C17H20FN3O4/c1-10-6-11(16(23)24)9-20(8-10)15(22)13-7-12(2-3-14(13)18)21-5-4-19-17(21)25/h2-3,7,10-11H,4-6,8-9H2,1H3,(H,19,25)(H,23,24). The van der Waals surface area contributed by atoms with E-state index < -0.39 is 23.6 Å². The van der Waals surface area contributed by atoms with Crippen molar-refractivity contribution in [1.82, 2.24) is 10.2 Å². The van der Waals surface area contributed by atoms with Crippen molar-refractivity contribution in [2.24, 2.45) is 11.8 Å². The minimum Gasteiger partial charge on any atom is -0.481 e. The molecule has 2 aliphatic rings. The number of benzene rings is 1. The molecule has 7 nitrogen and oxygen atoms in total. The molecule has 1 aromatic rings. The molecule has 0 bridgehead atoms. The number of piperidine rings is 1. The third kappa shape index (κ3) is 3.42. The maximum Gasteiger partial charge on any atom is 0.321 e. The predicted molar refractivity (Wildman–Crippen MR) is 88.0 cm³/mol. The summed E-state index contributed by atoms with van der Waals surface area (Å²) in [5.74, 6) is -2.81. The van der Waals surface area contributed by atoms with Gasteiger partial charge < -0.3 is 15.3 Å². The number of amides is 3. The first-order valence-electron chi connectivity index (χ1n) is 8.24. The molecule has 3 rings (SSSR count). The van der Waals surface area contributed by atoms with Crippen LogP contribution in [0.3, 0.4) is 0 Å². The number of carboxylic acid groups (broad SMARTS) is 1. The molecule has 0 aliphatic carbocycles. The zero-order chi connectivity index (χ0) is 18.1. The number of nitrogens with zero attached hydrogens (tertiary/aromatic N) is 2. The Balaban J connectivity index is 1.86. The van der Waals surface area contributed by atoms with Crippen molar-refractivity contribution in [3.05, 3.63) is 29.6 Å². The van der Waals surface area contributed by atoms with Crippen LogP contribution in [0.15, 0.2) is 18.2 Å². The van der Waals surface area contributed by atoms with Crippen LogP contribution in [-0.2, 0) is 4.79 Å². The first kappa shape index (κ1) is 17.2. The lowest BCUT2D eigenvalue weighted by Gasteiger charge is -2.34. The third-order valence-corrected chi connectivity index (χ3v) is 4.64. The summed E-state index contributed by atoms with van der Waals surface area (Å²) in [7, 11) is 0. The Bertz CT molecular complexity index is 724. The Morgan fingerprint density at radius 2 is 2.08 bits per heavy atom. The normalized spacial score (nSPS) is 23.5. The number of carbonyl (C=O) groups excluding carboxylic acids is 2. The van der Waals surface area contributed by atoms with Crippen molar-refractivity contribution in [3.63, 3.8) is 0 Å². The second kappa shape index (κ2) is 6.70. The molecule has 0 saturated carbocycles. The predicted octanol–water partition coefficient (Wildman–Crippen LogP) is 1.54. The van der Waals surface area contributed by atoms with Crippen LogP contribution >= 0.6 is 0 Å². The van der Waals surface area contributed by atoms with Crippen molar-refractivity contribution in [2.45, 2.75) is 13.3 Å². The van der Waals surface area contributed by atoms with Gasteiger partial charge in [0.25, 0.3) is 5.91 Å². The van der Waals surface area contributed by atoms with Gasteiger partial charge in [0.05, 0.1) is 11.5 Å². The van der Waals surface area contributed by atoms with Gasteiger partial charge in [-0.1, -0.05) is 6.92 Å². The second-order valence-electron chi connectivity index (χ2n) is 6.63. The molecule has 2 atom stereocenters. The van der Waals surface area contributed by atoms with Crippen molar-refractivity contribution >= 4 is 23.6 Å². The highest BCUT2D eigenvalue weighted by atomic mass is 19.1. The molecule has 2 heterocycles. The van der Waals surface area contributed by atoms with Gasteiger partial charge in [-0.25, -0.2) is 9.18 Å². The van der Waals surface area contributed by atoms with Gasteiger partial charge in [-0.2, -0.15) is 0 Å². The Hall–Kier alpha value is -2.64. The summed E-state index contributed by atoms with van der Waals surface area (Å²) in [5, 5.41) is 11.9. The summed E-state index contributed by atoms with van der Waals surface area (Å²) in [4.78, 5) is 38.6. The average molecular weight is 349 g/mol. The number of carboxylic acids is 1. The number of anilines is 1. The molecular weight excluding hydrogens is 329 g/mol. The Labute approximate surface area is 144 Å². The van der Waals surface area contributed by atoms with Crippen LogP contribution in [0.1, 0.15) is 23.7 Å². The van der Waals surface area contributed by atoms with E-state index in [9.17, 15) is 23.9 Å². The molecule has 0 aromatic heterocycles. The lowest BCUT2D eigenvalue weighted by molar-refractivity contribution is -0.143. The summed E-state index contributed by atoms with van der Waals surface area (Å²) in [6.07, 6.45) is 0.496. The summed E-state index contributed by atoms with van der Waals surface area (Å²) < 4.78 is 14.2. The molecule has 8 heteroatoms. The molecule has 2 N–H and O–H groups in total. The molecule has 2 unspecified atom stereocenters. The maximum absolute atomic E-state index is 14.2. The van der Waals surface area contributed by atoms with Gasteiger partial charge >= 0.3 is 12.0 Å². The van der Waals surface area contributed by atoms with E-state index in [1.807, 2.05) is 6.92 Å². The summed E-state index contributed by atoms with van der Waals surface area (Å²) in [6, 6.07) is 3.69. The van der Waals surface area contributed by atoms with E-state index in [0.717, 1.165) is 6.07 Å². The largest absolute Gasteiger partial charge is 0.481 e. The van der Waals surface area contributed by atoms with Crippen LogP contribution < -0.4 is 10.2 Å². The molecule has 3 amide bonds. The fraction of sp³-hybridized carbons (Fsp3) is 0.471. The lowest BCUT2D eigenvalue weighted by Crippen LogP contribution is -2.45. The number of rotatable bonds is 3. The highest BCUT2D eigenvalue weighted by molar-refractivity contribution is 5.98. The Morgan fingerprint density at radius 3 is 2.72 bits per heavy atom. The van der Waals surface area contributed by atoms with Gasteiger partial charge in [-0.15, -0.1) is 0 Å². The van der Waals surface area contributed by atoms with E-state index in [1.165, 1.54) is 21.9 Å². The van der Waals surface area contributed by atoms with Crippen LogP contribution in [0.2, 0.25) is 0 Å². The van der Waals surface area contributed by atoms with E-state index >= 15 is 0 Å². The molecule has 0 spiro atoms. The topological polar surface area (TPSA) is 89.9 Å². The Kier molecular flexibility index (Phi) is 4.61. The van der Waals surface area contributed by atoms with Gasteiger partial charge in [-0.3, -0.25) is 14.5 Å². The molecule has 2 aliphatic heterocycles. The number of nitrogens with one attached hydrogen (secondary N) is 1. The number of hydrogen-bond donors (Lipinski definition) is 2. The van der Waals surface area contributed by atoms with E-state index in [2.05, 4.69) is 5.32 Å². The molecule has 0 radical (unpaired) electrons. The quantitative estimate of drug-likeness (QED) is 0.866. The lowest BCUT2D eigenvalue weighted by atomic mass is 9.90. The summed E-state index contributed by atoms with van der Waals surface area (Å²) in [6.45, 7) is 3.25. The van der Waals surface area contributed by atoms with E-state index in [4.69, 9.17) is 0 Å². The van der Waals surface area contributed by atoms with E-state index in [-0.39, 0.29) is 24.1 Å². The Morgan fingerprint density at radius 1 is 1.32 bits per heavy atom. The molecular formula is C17H20FN3O4. The fourth-order valence-electron chi connectivity index (χ4n) is 3.43. The van der Waals surface area contributed by atoms with Gasteiger partial charge in [0, 0.05) is 31.9 Å². The van der Waals surface area contributed by atoms with Crippen LogP contribution in [0.5, 0.6) is 0 Å². The third-order valence-electron chi connectivity index (χ3n) is 4.64. The smallest absolute Gasteiger partial charge is 0.321 e. The first-order valence-corrected chi connectivity index (χ1v) is 8.24. The minimum atomic E-state index is -0.952. The van der Waals surface area contributed by atoms with Crippen molar-refractivity contribution < 1.29 is 23.9 Å². The SMILES string of the molecule is CC1CC(C(=O)O)CN(C(=O)c2cc(N3CCNC3=O)ccc2F)C1. The van der Waals surface area contributed by atoms with Crippen LogP contribution in [0.4, 0.5) is 14.9 Å². The number of hydrogen-bond acceptors (Lipinski definition) is 3. The van der Waals surface area contributed by atoms with Gasteiger partial charge in [0.2, 0.25) is 0 Å². The van der Waals surface area contributed by atoms with E-state index in [0.29, 0.717) is 31.7 Å². The van der Waals surface area contributed by atoms with Gasteiger partial charge in [0.15, 0.2) is 0 Å². The molecule has 134 valence electrons. The zero-order valence-electron chi connectivity index (χ0n) is 13.9. The van der Waals surface area contributed by atoms with Crippen LogP contribution in [-0.4, -0.2) is 54.1 Å². The minimum absolute atomic E-state index is 0.0226. The number of likely N-dealkylation sites (tertiary alicyclic amines) is 1. The number of urea groups is 1. The average Bonchev–Trinajstić information content (AvgIpc) is 3.00. The summed E-state index contributed by atoms with van der Waals surface area (Å²) >= 11 is 0. The number of aliphatic carboxylic acids is 1. The van der Waals surface area contributed by atoms with Crippen LogP contribution in [0, 0.1) is 17.7 Å². The molecule has 25 heavy (non-hydrogen) atoms. The summed E-state index contributed by atoms with van der Waals surface area (Å²) in [5.41, 5.74) is 0.301. The number of halogens is 1. The molecule has 1 aromatic carbocycles. The zero-order valence-corrected chi connectivity index (χ0v) is 13.9. The highest BCUT2D eigenvalue weighted by Gasteiger charge is 2.33.